The molecule has 1 aromatic carbocycles. The second kappa shape index (κ2) is 11.5. The number of urea groups is 1. The summed E-state index contributed by atoms with van der Waals surface area (Å²) >= 11 is 0. The van der Waals surface area contributed by atoms with E-state index in [2.05, 4.69) is 45.9 Å². The summed E-state index contributed by atoms with van der Waals surface area (Å²) in [4.78, 5) is 24.3. The molecule has 0 aromatic heterocycles. The summed E-state index contributed by atoms with van der Waals surface area (Å²) in [5, 5.41) is 13.8. The lowest BCUT2D eigenvalue weighted by atomic mass is 9.90. The maximum Gasteiger partial charge on any atom is 0.314 e. The molecule has 1 aliphatic rings. The van der Waals surface area contributed by atoms with Crippen molar-refractivity contribution in [3.8, 4) is 0 Å². The molecule has 6 heteroatoms. The summed E-state index contributed by atoms with van der Waals surface area (Å²) in [6.07, 6.45) is 5.68. The van der Waals surface area contributed by atoms with Crippen molar-refractivity contribution in [3.63, 3.8) is 0 Å². The number of hydrogen-bond donors (Lipinski definition) is 3. The van der Waals surface area contributed by atoms with Gasteiger partial charge in [-0.15, -0.1) is 0 Å². The number of likely N-dealkylation sites (tertiary alicyclic amines) is 1. The van der Waals surface area contributed by atoms with Gasteiger partial charge in [-0.2, -0.15) is 0 Å². The molecule has 0 bridgehead atoms. The first kappa shape index (κ1) is 20.2. The zero-order valence-electron chi connectivity index (χ0n) is 15.5. The number of nitrogens with zero attached hydrogens (tertiary/aromatic N) is 1. The SMILES string of the molecule is O=C(O)CCNC(=O)NCCCCN1CCC(Cc2ccccc2)CC1. The number of piperidine rings is 1. The lowest BCUT2D eigenvalue weighted by Gasteiger charge is -2.32. The lowest BCUT2D eigenvalue weighted by Crippen LogP contribution is -2.38. The van der Waals surface area contributed by atoms with E-state index in [0.29, 0.717) is 6.54 Å². The molecule has 0 unspecified atom stereocenters. The Morgan fingerprint density at radius 1 is 1.04 bits per heavy atom. The minimum atomic E-state index is -0.905. The monoisotopic (exact) mass is 361 g/mol. The summed E-state index contributed by atoms with van der Waals surface area (Å²) in [6.45, 7) is 4.21. The van der Waals surface area contributed by atoms with E-state index < -0.39 is 5.97 Å². The van der Waals surface area contributed by atoms with E-state index in [9.17, 15) is 9.59 Å². The summed E-state index contributed by atoms with van der Waals surface area (Å²) in [5.74, 6) is -0.109. The molecule has 0 radical (unpaired) electrons. The molecule has 1 aliphatic heterocycles. The summed E-state index contributed by atoms with van der Waals surface area (Å²) in [5.41, 5.74) is 1.44. The molecule has 2 rings (SSSR count). The van der Waals surface area contributed by atoms with Gasteiger partial charge >= 0.3 is 12.0 Å². The van der Waals surface area contributed by atoms with Gasteiger partial charge in [-0.05, 0) is 63.2 Å². The molecule has 0 atom stereocenters. The predicted molar refractivity (Wildman–Crippen MR) is 102 cm³/mol. The van der Waals surface area contributed by atoms with Crippen molar-refractivity contribution in [1.82, 2.24) is 15.5 Å². The zero-order valence-corrected chi connectivity index (χ0v) is 15.5. The fourth-order valence-corrected chi connectivity index (χ4v) is 3.37. The van der Waals surface area contributed by atoms with Gasteiger partial charge in [0.05, 0.1) is 6.42 Å². The third kappa shape index (κ3) is 8.34. The van der Waals surface area contributed by atoms with E-state index in [0.717, 1.165) is 25.3 Å². The van der Waals surface area contributed by atoms with Crippen molar-refractivity contribution < 1.29 is 14.7 Å². The number of carboxylic acid groups (broad SMARTS) is 1. The van der Waals surface area contributed by atoms with Gasteiger partial charge in [-0.1, -0.05) is 30.3 Å². The van der Waals surface area contributed by atoms with Gasteiger partial charge in [0.2, 0.25) is 0 Å². The van der Waals surface area contributed by atoms with Gasteiger partial charge in [0.15, 0.2) is 0 Å². The molecule has 26 heavy (non-hydrogen) atoms. The Labute approximate surface area is 156 Å². The van der Waals surface area contributed by atoms with Crippen LogP contribution in [0.4, 0.5) is 4.79 Å². The molecule has 1 heterocycles. The maximum absolute atomic E-state index is 11.4. The second-order valence-electron chi connectivity index (χ2n) is 7.01. The number of benzene rings is 1. The topological polar surface area (TPSA) is 81.7 Å². The summed E-state index contributed by atoms with van der Waals surface area (Å²) in [6, 6.07) is 10.5. The van der Waals surface area contributed by atoms with E-state index >= 15 is 0 Å². The Morgan fingerprint density at radius 3 is 2.42 bits per heavy atom. The van der Waals surface area contributed by atoms with E-state index in [1.165, 1.54) is 37.9 Å². The molecular weight excluding hydrogens is 330 g/mol. The van der Waals surface area contributed by atoms with Crippen LogP contribution in [0.1, 0.15) is 37.7 Å². The van der Waals surface area contributed by atoms with Crippen LogP contribution >= 0.6 is 0 Å². The Balaban J connectivity index is 1.47. The number of aliphatic carboxylic acids is 1. The second-order valence-corrected chi connectivity index (χ2v) is 7.01. The molecule has 1 saturated heterocycles. The number of carbonyl (C=O) groups is 2. The number of amides is 2. The zero-order chi connectivity index (χ0) is 18.6. The molecule has 144 valence electrons. The van der Waals surface area contributed by atoms with E-state index in [1.54, 1.807) is 0 Å². The third-order valence-corrected chi connectivity index (χ3v) is 4.89. The first-order valence-corrected chi connectivity index (χ1v) is 9.63. The van der Waals surface area contributed by atoms with Crippen LogP contribution in [0.15, 0.2) is 30.3 Å². The van der Waals surface area contributed by atoms with Gasteiger partial charge in [0.25, 0.3) is 0 Å². The van der Waals surface area contributed by atoms with Crippen molar-refractivity contribution in [3.05, 3.63) is 35.9 Å². The van der Waals surface area contributed by atoms with E-state index in [4.69, 9.17) is 5.11 Å². The number of carbonyl (C=O) groups excluding carboxylic acids is 1. The van der Waals surface area contributed by atoms with Crippen LogP contribution in [0.2, 0.25) is 0 Å². The minimum absolute atomic E-state index is 0.0480. The Kier molecular flexibility index (Phi) is 8.96. The Hall–Kier alpha value is -2.08. The standard InChI is InChI=1S/C20H31N3O3/c24-19(25)8-12-22-20(26)21-11-4-5-13-23-14-9-18(10-15-23)16-17-6-2-1-3-7-17/h1-3,6-7,18H,4-5,8-16H2,(H,24,25)(H2,21,22,26). The number of carboxylic acids is 1. The van der Waals surface area contributed by atoms with E-state index in [1.807, 2.05) is 0 Å². The maximum atomic E-state index is 11.4. The van der Waals surface area contributed by atoms with Crippen LogP contribution in [-0.2, 0) is 11.2 Å². The van der Waals surface area contributed by atoms with Crippen molar-refractivity contribution in [1.29, 1.82) is 0 Å². The molecule has 0 saturated carbocycles. The first-order valence-electron chi connectivity index (χ1n) is 9.63. The Bertz CT molecular complexity index is 542. The number of hydrogen-bond acceptors (Lipinski definition) is 3. The fraction of sp³-hybridized carbons (Fsp3) is 0.600. The molecule has 2 amide bonds. The molecule has 6 nitrogen and oxygen atoms in total. The number of nitrogens with one attached hydrogen (secondary N) is 2. The van der Waals surface area contributed by atoms with Crippen LogP contribution in [0.3, 0.4) is 0 Å². The molecule has 0 aliphatic carbocycles. The highest BCUT2D eigenvalue weighted by Crippen LogP contribution is 2.21. The van der Waals surface area contributed by atoms with Gasteiger partial charge in [-0.3, -0.25) is 4.79 Å². The van der Waals surface area contributed by atoms with Crippen molar-refractivity contribution in [2.45, 2.75) is 38.5 Å². The van der Waals surface area contributed by atoms with Crippen LogP contribution in [-0.4, -0.2) is 54.7 Å². The summed E-state index contributed by atoms with van der Waals surface area (Å²) < 4.78 is 0. The highest BCUT2D eigenvalue weighted by molar-refractivity contribution is 5.74. The quantitative estimate of drug-likeness (QED) is 0.559. The van der Waals surface area contributed by atoms with Crippen LogP contribution < -0.4 is 10.6 Å². The summed E-state index contributed by atoms with van der Waals surface area (Å²) in [7, 11) is 0. The van der Waals surface area contributed by atoms with Crippen LogP contribution in [0, 0.1) is 5.92 Å². The first-order chi connectivity index (χ1) is 12.6. The molecule has 0 spiro atoms. The average Bonchev–Trinajstić information content (AvgIpc) is 2.63. The molecular formula is C20H31N3O3. The minimum Gasteiger partial charge on any atom is -0.481 e. The van der Waals surface area contributed by atoms with E-state index in [-0.39, 0.29) is 19.0 Å². The fourth-order valence-electron chi connectivity index (χ4n) is 3.37. The highest BCUT2D eigenvalue weighted by Gasteiger charge is 2.18. The van der Waals surface area contributed by atoms with Gasteiger partial charge in [0.1, 0.15) is 0 Å². The van der Waals surface area contributed by atoms with Crippen molar-refractivity contribution in [2.75, 3.05) is 32.7 Å². The molecule has 3 N–H and O–H groups in total. The highest BCUT2D eigenvalue weighted by atomic mass is 16.4. The van der Waals surface area contributed by atoms with Crippen LogP contribution in [0.25, 0.3) is 0 Å². The average molecular weight is 361 g/mol. The normalized spacial score (nSPS) is 15.5. The number of unbranched alkanes of at least 4 members (excludes halogenated alkanes) is 1. The van der Waals surface area contributed by atoms with Crippen molar-refractivity contribution in [2.24, 2.45) is 5.92 Å². The number of rotatable bonds is 10. The third-order valence-electron chi connectivity index (χ3n) is 4.89. The molecule has 1 fully saturated rings. The largest absolute Gasteiger partial charge is 0.481 e. The smallest absolute Gasteiger partial charge is 0.314 e. The lowest BCUT2D eigenvalue weighted by molar-refractivity contribution is -0.136. The Morgan fingerprint density at radius 2 is 1.73 bits per heavy atom. The predicted octanol–water partition coefficient (Wildman–Crippen LogP) is 2.50. The molecule has 1 aromatic rings. The van der Waals surface area contributed by atoms with Gasteiger partial charge < -0.3 is 20.6 Å². The van der Waals surface area contributed by atoms with Gasteiger partial charge in [-0.25, -0.2) is 4.79 Å². The van der Waals surface area contributed by atoms with Gasteiger partial charge in [0, 0.05) is 13.1 Å². The van der Waals surface area contributed by atoms with Crippen LogP contribution in [0.5, 0.6) is 0 Å². The van der Waals surface area contributed by atoms with Crippen molar-refractivity contribution >= 4 is 12.0 Å².